The van der Waals surface area contributed by atoms with Crippen molar-refractivity contribution in [1.82, 2.24) is 9.66 Å². The number of aromatic nitrogens is 2. The van der Waals surface area contributed by atoms with E-state index in [1.54, 1.807) is 18.3 Å². The molecular weight excluding hydrogens is 578 g/mol. The highest BCUT2D eigenvalue weighted by atomic mass is 79.9. The van der Waals surface area contributed by atoms with Crippen LogP contribution in [0.5, 0.6) is 11.5 Å². The van der Waals surface area contributed by atoms with Gasteiger partial charge >= 0.3 is 0 Å². The van der Waals surface area contributed by atoms with Crippen LogP contribution in [0.3, 0.4) is 0 Å². The molecule has 204 valence electrons. The fourth-order valence-corrected chi connectivity index (χ4v) is 5.21. The highest BCUT2D eigenvalue weighted by molar-refractivity contribution is 9.10. The van der Waals surface area contributed by atoms with Crippen LogP contribution in [0.4, 0.5) is 0 Å². The van der Waals surface area contributed by atoms with E-state index in [9.17, 15) is 4.79 Å². The maximum atomic E-state index is 13.7. The van der Waals surface area contributed by atoms with Gasteiger partial charge in [0.25, 0.3) is 5.56 Å². The molecule has 0 spiro atoms. The fraction of sp³-hybridized carbons (Fsp3) is 0.323. The van der Waals surface area contributed by atoms with Crippen molar-refractivity contribution in [3.63, 3.8) is 0 Å². The number of fused-ring (bicyclic) bond motifs is 1. The summed E-state index contributed by atoms with van der Waals surface area (Å²) in [5.41, 5.74) is 3.86. The van der Waals surface area contributed by atoms with Gasteiger partial charge in [-0.1, -0.05) is 44.5 Å². The Morgan fingerprint density at radius 3 is 2.54 bits per heavy atom. The topological polar surface area (TPSA) is 65.7 Å². The smallest absolute Gasteiger partial charge is 0.282 e. The minimum absolute atomic E-state index is 0.0243. The molecule has 0 N–H and O–H groups in total. The Morgan fingerprint density at radius 2 is 1.87 bits per heavy atom. The third kappa shape index (κ3) is 6.20. The van der Waals surface area contributed by atoms with Crippen LogP contribution in [0.25, 0.3) is 22.3 Å². The number of nitrogens with zero attached hydrogens (tertiary/aromatic N) is 3. The number of aryl methyl sites for hydroxylation is 1. The van der Waals surface area contributed by atoms with Crippen LogP contribution in [0.1, 0.15) is 63.6 Å². The highest BCUT2D eigenvalue weighted by Crippen LogP contribution is 2.36. The lowest BCUT2D eigenvalue weighted by atomic mass is 9.96. The van der Waals surface area contributed by atoms with Crippen molar-refractivity contribution < 1.29 is 9.47 Å². The summed E-state index contributed by atoms with van der Waals surface area (Å²) in [6, 6.07) is 15.0. The average molecular weight is 611 g/mol. The molecule has 0 aliphatic carbocycles. The molecule has 0 bridgehead atoms. The van der Waals surface area contributed by atoms with E-state index in [1.807, 2.05) is 51.1 Å². The predicted molar refractivity (Wildman–Crippen MR) is 164 cm³/mol. The first-order chi connectivity index (χ1) is 18.6. The second-order valence-electron chi connectivity index (χ2n) is 9.76. The summed E-state index contributed by atoms with van der Waals surface area (Å²) >= 11 is 10.1. The number of para-hydroxylation sites is 1. The van der Waals surface area contributed by atoms with Gasteiger partial charge in [0.2, 0.25) is 0 Å². The maximum absolute atomic E-state index is 13.7. The Hall–Kier alpha value is -3.16. The molecule has 4 rings (SSSR count). The number of hydrogen-bond donors (Lipinski definition) is 0. The summed E-state index contributed by atoms with van der Waals surface area (Å²) in [6.07, 6.45) is 2.49. The summed E-state index contributed by atoms with van der Waals surface area (Å²) in [6.45, 7) is 12.8. The van der Waals surface area contributed by atoms with Gasteiger partial charge in [-0.05, 0) is 102 Å². The van der Waals surface area contributed by atoms with Gasteiger partial charge in [-0.2, -0.15) is 9.78 Å². The van der Waals surface area contributed by atoms with E-state index in [1.165, 1.54) is 4.68 Å². The van der Waals surface area contributed by atoms with Gasteiger partial charge in [0, 0.05) is 5.56 Å². The molecule has 39 heavy (non-hydrogen) atoms. The SMILES string of the molecule is CCOc1cc(C)c(-c2nc3ccccc3c(=O)n2N=Cc2cc(Cl)c(O[C@@H](C)CC)c(Br)c2)cc1C(C)C. The van der Waals surface area contributed by atoms with Crippen molar-refractivity contribution in [2.45, 2.75) is 60.0 Å². The van der Waals surface area contributed by atoms with Crippen LogP contribution in [0.2, 0.25) is 5.02 Å². The van der Waals surface area contributed by atoms with Gasteiger partial charge in [-0.15, -0.1) is 0 Å². The van der Waals surface area contributed by atoms with Gasteiger partial charge in [0.1, 0.15) is 5.75 Å². The number of halogens is 2. The van der Waals surface area contributed by atoms with Crippen molar-refractivity contribution in [1.29, 1.82) is 0 Å². The Morgan fingerprint density at radius 1 is 1.13 bits per heavy atom. The van der Waals surface area contributed by atoms with Crippen molar-refractivity contribution in [3.8, 4) is 22.9 Å². The lowest BCUT2D eigenvalue weighted by Gasteiger charge is -2.18. The quantitative estimate of drug-likeness (QED) is 0.179. The normalized spacial score (nSPS) is 12.4. The molecule has 0 saturated heterocycles. The van der Waals surface area contributed by atoms with Crippen molar-refractivity contribution in [3.05, 3.63) is 85.1 Å². The van der Waals surface area contributed by atoms with Crippen molar-refractivity contribution in [2.75, 3.05) is 6.61 Å². The summed E-state index contributed by atoms with van der Waals surface area (Å²) in [5.74, 6) is 2.09. The number of hydrogen-bond acceptors (Lipinski definition) is 5. The summed E-state index contributed by atoms with van der Waals surface area (Å²) in [7, 11) is 0. The number of rotatable bonds is 9. The molecule has 0 aliphatic heterocycles. The third-order valence-electron chi connectivity index (χ3n) is 6.51. The first-order valence-corrected chi connectivity index (χ1v) is 14.3. The maximum Gasteiger partial charge on any atom is 0.282 e. The van der Waals surface area contributed by atoms with E-state index >= 15 is 0 Å². The lowest BCUT2D eigenvalue weighted by Crippen LogP contribution is -2.21. The number of ether oxygens (including phenoxy) is 2. The molecule has 0 amide bonds. The van der Waals surface area contributed by atoms with E-state index in [4.69, 9.17) is 26.1 Å². The minimum atomic E-state index is -0.256. The van der Waals surface area contributed by atoms with Crippen LogP contribution >= 0.6 is 27.5 Å². The van der Waals surface area contributed by atoms with Crippen LogP contribution in [-0.2, 0) is 0 Å². The zero-order valence-electron chi connectivity index (χ0n) is 23.1. The summed E-state index contributed by atoms with van der Waals surface area (Å²) < 4.78 is 14.0. The van der Waals surface area contributed by atoms with Crippen LogP contribution < -0.4 is 15.0 Å². The molecule has 1 atom stereocenters. The fourth-order valence-electron chi connectivity index (χ4n) is 4.25. The molecule has 0 radical (unpaired) electrons. The molecule has 1 aromatic heterocycles. The Bertz CT molecular complexity index is 1570. The first-order valence-electron chi connectivity index (χ1n) is 13.1. The Labute approximate surface area is 242 Å². The van der Waals surface area contributed by atoms with Gasteiger partial charge in [0.15, 0.2) is 11.6 Å². The van der Waals surface area contributed by atoms with Gasteiger partial charge < -0.3 is 9.47 Å². The molecule has 0 saturated carbocycles. The third-order valence-corrected chi connectivity index (χ3v) is 7.38. The Kier molecular flexibility index (Phi) is 9.13. The largest absolute Gasteiger partial charge is 0.494 e. The predicted octanol–water partition coefficient (Wildman–Crippen LogP) is 8.37. The summed E-state index contributed by atoms with van der Waals surface area (Å²) in [5, 5.41) is 5.58. The molecule has 0 aliphatic rings. The van der Waals surface area contributed by atoms with E-state index in [0.717, 1.165) is 28.9 Å². The molecule has 4 aromatic rings. The zero-order valence-corrected chi connectivity index (χ0v) is 25.4. The lowest BCUT2D eigenvalue weighted by molar-refractivity contribution is 0.216. The molecule has 8 heteroatoms. The molecular formula is C31H33BrClN3O3. The first kappa shape index (κ1) is 28.8. The molecule has 6 nitrogen and oxygen atoms in total. The van der Waals surface area contributed by atoms with E-state index in [0.29, 0.717) is 44.1 Å². The van der Waals surface area contributed by atoms with Crippen molar-refractivity contribution >= 4 is 44.6 Å². The van der Waals surface area contributed by atoms with Gasteiger partial charge in [-0.25, -0.2) is 4.98 Å². The zero-order chi connectivity index (χ0) is 28.3. The number of benzene rings is 3. The standard InChI is InChI=1S/C31H33BrClN3O3/c1-7-20(6)39-29-25(32)14-21(15-26(29)33)17-34-36-30(35-27-12-10-9-11-22(27)31(36)37)24-16-23(18(3)4)28(38-8-2)13-19(24)5/h9-18,20H,7-8H2,1-6H3/t20-/m0/s1. The molecule has 0 fully saturated rings. The van der Waals surface area contributed by atoms with Gasteiger partial charge in [0.05, 0.1) is 39.3 Å². The molecule has 1 heterocycles. The minimum Gasteiger partial charge on any atom is -0.494 e. The van der Waals surface area contributed by atoms with E-state index < -0.39 is 0 Å². The molecule has 0 unspecified atom stereocenters. The van der Waals surface area contributed by atoms with E-state index in [-0.39, 0.29) is 17.6 Å². The highest BCUT2D eigenvalue weighted by Gasteiger charge is 2.19. The van der Waals surface area contributed by atoms with Crippen LogP contribution in [0.15, 0.2) is 62.9 Å². The van der Waals surface area contributed by atoms with Gasteiger partial charge in [-0.3, -0.25) is 4.79 Å². The van der Waals surface area contributed by atoms with Crippen LogP contribution in [0, 0.1) is 6.92 Å². The van der Waals surface area contributed by atoms with Crippen LogP contribution in [-0.4, -0.2) is 28.6 Å². The second-order valence-corrected chi connectivity index (χ2v) is 11.0. The monoisotopic (exact) mass is 609 g/mol. The second kappa shape index (κ2) is 12.3. The summed E-state index contributed by atoms with van der Waals surface area (Å²) in [4.78, 5) is 18.6. The van der Waals surface area contributed by atoms with Crippen molar-refractivity contribution in [2.24, 2.45) is 5.10 Å². The van der Waals surface area contributed by atoms with E-state index in [2.05, 4.69) is 47.9 Å². The Balaban J connectivity index is 1.89. The average Bonchev–Trinajstić information content (AvgIpc) is 2.90. The molecule has 3 aromatic carbocycles.